The maximum atomic E-state index is 12.4. The van der Waals surface area contributed by atoms with E-state index in [9.17, 15) is 9.59 Å². The van der Waals surface area contributed by atoms with Crippen LogP contribution in [0.15, 0.2) is 30.3 Å². The summed E-state index contributed by atoms with van der Waals surface area (Å²) in [6.45, 7) is 1.77. The lowest BCUT2D eigenvalue weighted by atomic mass is 9.92. The number of urea groups is 1. The monoisotopic (exact) mass is 230 g/mol. The first kappa shape index (κ1) is 10.3. The van der Waals surface area contributed by atoms with Crippen molar-refractivity contribution >= 4 is 11.9 Å². The fourth-order valence-electron chi connectivity index (χ4n) is 2.29. The predicted octanol–water partition coefficient (Wildman–Crippen LogP) is 1.62. The third-order valence-electron chi connectivity index (χ3n) is 3.49. The average Bonchev–Trinajstić information content (AvgIpc) is 3.11. The quantitative estimate of drug-likeness (QED) is 0.785. The summed E-state index contributed by atoms with van der Waals surface area (Å²) in [6.07, 6.45) is 1.87. The Morgan fingerprint density at radius 2 is 1.88 bits per heavy atom. The summed E-state index contributed by atoms with van der Waals surface area (Å²) >= 11 is 0. The van der Waals surface area contributed by atoms with Gasteiger partial charge in [-0.1, -0.05) is 30.3 Å². The second-order valence-corrected chi connectivity index (χ2v) is 4.83. The van der Waals surface area contributed by atoms with Crippen molar-refractivity contribution in [1.82, 2.24) is 10.2 Å². The van der Waals surface area contributed by atoms with Crippen LogP contribution in [0.5, 0.6) is 0 Å². The predicted molar refractivity (Wildman–Crippen MR) is 62.2 cm³/mol. The average molecular weight is 230 g/mol. The minimum atomic E-state index is -0.902. The molecule has 2 aliphatic rings. The molecular formula is C13H14N2O2. The zero-order valence-corrected chi connectivity index (χ0v) is 9.64. The van der Waals surface area contributed by atoms with Crippen LogP contribution in [0.4, 0.5) is 4.79 Å². The molecule has 1 N–H and O–H groups in total. The first-order valence-corrected chi connectivity index (χ1v) is 5.84. The Bertz CT molecular complexity index is 481. The van der Waals surface area contributed by atoms with Crippen LogP contribution in [0.2, 0.25) is 0 Å². The van der Waals surface area contributed by atoms with Gasteiger partial charge in [0.1, 0.15) is 5.54 Å². The third kappa shape index (κ3) is 1.44. The van der Waals surface area contributed by atoms with Crippen molar-refractivity contribution in [3.05, 3.63) is 35.9 Å². The molecular weight excluding hydrogens is 216 g/mol. The number of nitrogens with zero attached hydrogens (tertiary/aromatic N) is 1. The highest BCUT2D eigenvalue weighted by atomic mass is 16.2. The Morgan fingerprint density at radius 1 is 1.24 bits per heavy atom. The molecule has 2 fully saturated rings. The largest absolute Gasteiger partial charge is 0.325 e. The van der Waals surface area contributed by atoms with Gasteiger partial charge in [0, 0.05) is 6.04 Å². The highest BCUT2D eigenvalue weighted by molar-refractivity contribution is 6.07. The number of amides is 3. The topological polar surface area (TPSA) is 49.4 Å². The van der Waals surface area contributed by atoms with Crippen molar-refractivity contribution in [1.29, 1.82) is 0 Å². The maximum absolute atomic E-state index is 12.4. The van der Waals surface area contributed by atoms with E-state index in [-0.39, 0.29) is 18.0 Å². The molecule has 0 spiro atoms. The second kappa shape index (κ2) is 3.32. The minimum Gasteiger partial charge on any atom is -0.319 e. The molecule has 1 aliphatic heterocycles. The minimum absolute atomic E-state index is 0.119. The van der Waals surface area contributed by atoms with E-state index in [1.165, 1.54) is 4.90 Å². The molecule has 1 unspecified atom stereocenters. The van der Waals surface area contributed by atoms with Crippen LogP contribution in [-0.2, 0) is 10.3 Å². The van der Waals surface area contributed by atoms with E-state index in [2.05, 4.69) is 5.32 Å². The van der Waals surface area contributed by atoms with Crippen molar-refractivity contribution in [3.63, 3.8) is 0 Å². The van der Waals surface area contributed by atoms with Crippen molar-refractivity contribution in [2.75, 3.05) is 0 Å². The molecule has 4 heteroatoms. The molecule has 3 rings (SSSR count). The summed E-state index contributed by atoms with van der Waals surface area (Å²) in [7, 11) is 0. The Morgan fingerprint density at radius 3 is 2.47 bits per heavy atom. The molecule has 3 amide bonds. The van der Waals surface area contributed by atoms with Gasteiger partial charge in [0.2, 0.25) is 0 Å². The van der Waals surface area contributed by atoms with Gasteiger partial charge in [-0.2, -0.15) is 0 Å². The number of carbonyl (C=O) groups is 2. The molecule has 88 valence electrons. The van der Waals surface area contributed by atoms with Crippen LogP contribution < -0.4 is 5.32 Å². The summed E-state index contributed by atoms with van der Waals surface area (Å²) in [4.78, 5) is 25.6. The molecule has 1 aliphatic carbocycles. The van der Waals surface area contributed by atoms with Crippen molar-refractivity contribution in [2.24, 2.45) is 0 Å². The summed E-state index contributed by atoms with van der Waals surface area (Å²) < 4.78 is 0. The third-order valence-corrected chi connectivity index (χ3v) is 3.49. The normalized spacial score (nSPS) is 28.4. The molecule has 1 heterocycles. The fraction of sp³-hybridized carbons (Fsp3) is 0.385. The van der Waals surface area contributed by atoms with E-state index in [0.29, 0.717) is 0 Å². The molecule has 1 aromatic carbocycles. The molecule has 17 heavy (non-hydrogen) atoms. The SMILES string of the molecule is CC1(c2ccccc2)NC(=O)N(C2CC2)C1=O. The molecule has 4 nitrogen and oxygen atoms in total. The van der Waals surface area contributed by atoms with Gasteiger partial charge in [-0.25, -0.2) is 4.79 Å². The van der Waals surface area contributed by atoms with Crippen LogP contribution in [-0.4, -0.2) is 22.9 Å². The Hall–Kier alpha value is -1.84. The lowest BCUT2D eigenvalue weighted by Crippen LogP contribution is -2.41. The Balaban J connectivity index is 1.99. The van der Waals surface area contributed by atoms with Crippen molar-refractivity contribution in [2.45, 2.75) is 31.3 Å². The molecule has 0 bridgehead atoms. The molecule has 0 aromatic heterocycles. The van der Waals surface area contributed by atoms with Gasteiger partial charge >= 0.3 is 6.03 Å². The summed E-state index contributed by atoms with van der Waals surface area (Å²) in [5.74, 6) is -0.129. The van der Waals surface area contributed by atoms with Gasteiger partial charge in [0.25, 0.3) is 5.91 Å². The number of carbonyl (C=O) groups excluding carboxylic acids is 2. The zero-order chi connectivity index (χ0) is 12.0. The van der Waals surface area contributed by atoms with E-state index >= 15 is 0 Å². The highest BCUT2D eigenvalue weighted by Gasteiger charge is 2.53. The van der Waals surface area contributed by atoms with Crippen LogP contribution in [0, 0.1) is 0 Å². The molecule has 1 saturated heterocycles. The number of hydrogen-bond acceptors (Lipinski definition) is 2. The zero-order valence-electron chi connectivity index (χ0n) is 9.64. The van der Waals surface area contributed by atoms with Gasteiger partial charge in [-0.05, 0) is 25.3 Å². The van der Waals surface area contributed by atoms with E-state index in [0.717, 1.165) is 18.4 Å². The lowest BCUT2D eigenvalue weighted by Gasteiger charge is -2.22. The van der Waals surface area contributed by atoms with Gasteiger partial charge in [-0.15, -0.1) is 0 Å². The smallest absolute Gasteiger partial charge is 0.319 e. The van der Waals surface area contributed by atoms with Gasteiger partial charge in [0.05, 0.1) is 0 Å². The highest BCUT2D eigenvalue weighted by Crippen LogP contribution is 2.36. The Kier molecular flexibility index (Phi) is 2.02. The number of imide groups is 1. The molecule has 1 saturated carbocycles. The van der Waals surface area contributed by atoms with Crippen LogP contribution in [0.1, 0.15) is 25.3 Å². The van der Waals surface area contributed by atoms with Crippen LogP contribution in [0.3, 0.4) is 0 Å². The van der Waals surface area contributed by atoms with Crippen LogP contribution in [0.25, 0.3) is 0 Å². The van der Waals surface area contributed by atoms with Gasteiger partial charge < -0.3 is 5.32 Å². The lowest BCUT2D eigenvalue weighted by molar-refractivity contribution is -0.131. The molecule has 1 aromatic rings. The van der Waals surface area contributed by atoms with E-state index in [1.807, 2.05) is 30.3 Å². The van der Waals surface area contributed by atoms with Crippen molar-refractivity contribution < 1.29 is 9.59 Å². The number of nitrogens with one attached hydrogen (secondary N) is 1. The fourth-order valence-corrected chi connectivity index (χ4v) is 2.29. The summed E-state index contributed by atoms with van der Waals surface area (Å²) in [6, 6.07) is 9.24. The standard InChI is InChI=1S/C13H14N2O2/c1-13(9-5-3-2-4-6-9)11(16)15(10-7-8-10)12(17)14-13/h2-6,10H,7-8H2,1H3,(H,14,17). The van der Waals surface area contributed by atoms with E-state index < -0.39 is 5.54 Å². The van der Waals surface area contributed by atoms with Gasteiger partial charge in [0.15, 0.2) is 0 Å². The van der Waals surface area contributed by atoms with E-state index in [4.69, 9.17) is 0 Å². The second-order valence-electron chi connectivity index (χ2n) is 4.83. The maximum Gasteiger partial charge on any atom is 0.325 e. The molecule has 1 atom stereocenters. The number of hydrogen-bond donors (Lipinski definition) is 1. The first-order chi connectivity index (χ1) is 8.13. The number of benzene rings is 1. The van der Waals surface area contributed by atoms with E-state index in [1.54, 1.807) is 6.92 Å². The summed E-state index contributed by atoms with van der Waals surface area (Å²) in [5, 5.41) is 2.81. The first-order valence-electron chi connectivity index (χ1n) is 5.84. The Labute approximate surface area is 99.6 Å². The van der Waals surface area contributed by atoms with Crippen LogP contribution >= 0.6 is 0 Å². The molecule has 0 radical (unpaired) electrons. The van der Waals surface area contributed by atoms with Gasteiger partial charge in [-0.3, -0.25) is 9.69 Å². The number of rotatable bonds is 2. The summed E-state index contributed by atoms with van der Waals surface area (Å²) in [5.41, 5.74) is -0.0671. The van der Waals surface area contributed by atoms with Crippen molar-refractivity contribution in [3.8, 4) is 0 Å².